The van der Waals surface area contributed by atoms with Gasteiger partial charge in [-0.1, -0.05) is 36.4 Å². The maximum Gasteiger partial charge on any atom is 0.125 e. The summed E-state index contributed by atoms with van der Waals surface area (Å²) in [6, 6.07) is 17.4. The quantitative estimate of drug-likeness (QED) is 0.605. The highest BCUT2D eigenvalue weighted by molar-refractivity contribution is 5.85. The Morgan fingerprint density at radius 2 is 1.33 bits per heavy atom. The van der Waals surface area contributed by atoms with Crippen LogP contribution in [0.15, 0.2) is 76.9 Å². The van der Waals surface area contributed by atoms with E-state index in [0.29, 0.717) is 0 Å². The van der Waals surface area contributed by atoms with Crippen LogP contribution in [-0.4, -0.2) is 7.05 Å². The first-order chi connectivity index (χ1) is 11.6. The van der Waals surface area contributed by atoms with Crippen LogP contribution in [0.4, 0.5) is 11.4 Å². The van der Waals surface area contributed by atoms with Crippen LogP contribution in [-0.2, 0) is 0 Å². The van der Waals surface area contributed by atoms with Gasteiger partial charge in [-0.25, -0.2) is 0 Å². The summed E-state index contributed by atoms with van der Waals surface area (Å²) in [7, 11) is 2.15. The average Bonchev–Trinajstić information content (AvgIpc) is 2.57. The lowest BCUT2D eigenvalue weighted by Crippen LogP contribution is -2.24. The van der Waals surface area contributed by atoms with E-state index in [9.17, 15) is 0 Å². The molecule has 0 fully saturated rings. The van der Waals surface area contributed by atoms with Gasteiger partial charge in [0, 0.05) is 35.6 Å². The highest BCUT2D eigenvalue weighted by Gasteiger charge is 2.38. The van der Waals surface area contributed by atoms with Gasteiger partial charge in [0.15, 0.2) is 0 Å². The minimum Gasteiger partial charge on any atom is -0.344 e. The van der Waals surface area contributed by atoms with Crippen molar-refractivity contribution in [3.63, 3.8) is 0 Å². The molecule has 0 bridgehead atoms. The lowest BCUT2D eigenvalue weighted by molar-refractivity contribution is 1.05. The van der Waals surface area contributed by atoms with E-state index in [4.69, 9.17) is 0 Å². The first-order valence-electron chi connectivity index (χ1n) is 8.38. The number of hydrogen-bond donors (Lipinski definition) is 0. The molecule has 1 heterocycles. The van der Waals surface area contributed by atoms with Gasteiger partial charge in [-0.3, -0.25) is 0 Å². The first-order valence-corrected chi connectivity index (χ1v) is 8.38. The summed E-state index contributed by atoms with van der Waals surface area (Å²) in [5, 5.41) is 0. The van der Waals surface area contributed by atoms with E-state index < -0.39 is 0 Å². The number of para-hydroxylation sites is 2. The minimum absolute atomic E-state index is 1.20. The SMILES string of the molecule is CC1=[C+]C(C)=CC(C)=C1[C]1c2ccccc2N(C)c2ccccc21. The summed E-state index contributed by atoms with van der Waals surface area (Å²) < 4.78 is 0. The summed E-state index contributed by atoms with van der Waals surface area (Å²) in [6.45, 7) is 6.50. The molecule has 1 aliphatic heterocycles. The van der Waals surface area contributed by atoms with Gasteiger partial charge in [-0.15, -0.1) is 0 Å². The molecule has 0 atom stereocenters. The van der Waals surface area contributed by atoms with E-state index in [1.54, 1.807) is 0 Å². The molecule has 1 aliphatic carbocycles. The highest BCUT2D eigenvalue weighted by atomic mass is 15.1. The van der Waals surface area contributed by atoms with Crippen molar-refractivity contribution in [2.45, 2.75) is 20.8 Å². The van der Waals surface area contributed by atoms with Gasteiger partial charge in [0.25, 0.3) is 0 Å². The normalized spacial score (nSPS) is 16.9. The third-order valence-corrected chi connectivity index (χ3v) is 4.91. The summed E-state index contributed by atoms with van der Waals surface area (Å²) in [5.41, 5.74) is 10.1. The van der Waals surface area contributed by atoms with Crippen LogP contribution in [0.1, 0.15) is 31.9 Å². The summed E-state index contributed by atoms with van der Waals surface area (Å²) >= 11 is 0. The number of fused-ring (bicyclic) bond motifs is 2. The molecule has 0 saturated carbocycles. The predicted octanol–water partition coefficient (Wildman–Crippen LogP) is 5.76. The molecule has 1 heteroatoms. The smallest absolute Gasteiger partial charge is 0.125 e. The van der Waals surface area contributed by atoms with E-state index >= 15 is 0 Å². The molecule has 0 amide bonds. The Hall–Kier alpha value is -2.63. The largest absolute Gasteiger partial charge is 0.344 e. The lowest BCUT2D eigenvalue weighted by atomic mass is 9.74. The zero-order valence-corrected chi connectivity index (χ0v) is 14.6. The molecule has 1 nitrogen and oxygen atoms in total. The number of allylic oxidation sites excluding steroid dienone is 6. The Bertz CT molecular complexity index is 861. The van der Waals surface area contributed by atoms with Crippen molar-refractivity contribution in [1.29, 1.82) is 0 Å². The van der Waals surface area contributed by atoms with Crippen molar-refractivity contribution in [2.24, 2.45) is 0 Å². The topological polar surface area (TPSA) is 3.24 Å². The van der Waals surface area contributed by atoms with Crippen molar-refractivity contribution >= 4 is 11.4 Å². The fourth-order valence-corrected chi connectivity index (χ4v) is 3.97. The number of rotatable bonds is 1. The Morgan fingerprint density at radius 3 is 1.88 bits per heavy atom. The molecule has 117 valence electrons. The second-order valence-corrected chi connectivity index (χ2v) is 6.60. The number of benzene rings is 2. The Labute approximate surface area is 144 Å². The second-order valence-electron chi connectivity index (χ2n) is 6.60. The number of nitrogens with zero attached hydrogens (tertiary/aromatic N) is 1. The van der Waals surface area contributed by atoms with Crippen LogP contribution in [0.5, 0.6) is 0 Å². The predicted molar refractivity (Wildman–Crippen MR) is 101 cm³/mol. The van der Waals surface area contributed by atoms with Crippen LogP contribution >= 0.6 is 0 Å². The zero-order chi connectivity index (χ0) is 16.8. The maximum atomic E-state index is 3.52. The van der Waals surface area contributed by atoms with Crippen molar-refractivity contribution in [1.82, 2.24) is 0 Å². The van der Waals surface area contributed by atoms with Gasteiger partial charge in [0.2, 0.25) is 0 Å². The summed E-state index contributed by atoms with van der Waals surface area (Å²) in [5.74, 6) is 1.32. The second kappa shape index (κ2) is 5.47. The summed E-state index contributed by atoms with van der Waals surface area (Å²) in [4.78, 5) is 2.29. The molecule has 2 aromatic carbocycles. The van der Waals surface area contributed by atoms with Gasteiger partial charge >= 0.3 is 0 Å². The minimum atomic E-state index is 1.20. The highest BCUT2D eigenvalue weighted by Crippen LogP contribution is 2.49. The lowest BCUT2D eigenvalue weighted by Gasteiger charge is -2.34. The van der Waals surface area contributed by atoms with Crippen molar-refractivity contribution in [2.75, 3.05) is 11.9 Å². The molecular weight excluding hydrogens is 290 g/mol. The van der Waals surface area contributed by atoms with E-state index in [0.717, 1.165) is 0 Å². The molecule has 0 unspecified atom stereocenters. The Morgan fingerprint density at radius 1 is 0.792 bits per heavy atom. The van der Waals surface area contributed by atoms with Gasteiger partial charge in [0.1, 0.15) is 17.1 Å². The molecule has 24 heavy (non-hydrogen) atoms. The summed E-state index contributed by atoms with van der Waals surface area (Å²) in [6.07, 6.45) is 5.75. The van der Waals surface area contributed by atoms with E-state index in [2.05, 4.69) is 93.4 Å². The van der Waals surface area contributed by atoms with Crippen LogP contribution in [0.2, 0.25) is 0 Å². The molecule has 2 aliphatic rings. The van der Waals surface area contributed by atoms with Crippen LogP contribution < -0.4 is 4.90 Å². The average molecular weight is 311 g/mol. The van der Waals surface area contributed by atoms with Gasteiger partial charge in [-0.2, -0.15) is 0 Å². The number of anilines is 2. The molecular formula is C23H21N+. The van der Waals surface area contributed by atoms with E-state index in [1.807, 2.05) is 0 Å². The van der Waals surface area contributed by atoms with Gasteiger partial charge < -0.3 is 4.90 Å². The van der Waals surface area contributed by atoms with Crippen LogP contribution in [0, 0.1) is 12.0 Å². The first kappa shape index (κ1) is 14.9. The van der Waals surface area contributed by atoms with E-state index in [1.165, 1.54) is 50.7 Å². The van der Waals surface area contributed by atoms with Crippen LogP contribution in [0.25, 0.3) is 0 Å². The third kappa shape index (κ3) is 2.13. The third-order valence-electron chi connectivity index (χ3n) is 4.91. The van der Waals surface area contributed by atoms with Crippen LogP contribution in [0.3, 0.4) is 0 Å². The van der Waals surface area contributed by atoms with E-state index in [-0.39, 0.29) is 0 Å². The molecule has 0 N–H and O–H groups in total. The fraction of sp³-hybridized carbons (Fsp3) is 0.174. The molecule has 0 saturated heterocycles. The molecule has 2 aromatic rings. The van der Waals surface area contributed by atoms with Crippen molar-refractivity contribution in [3.8, 4) is 0 Å². The van der Waals surface area contributed by atoms with Gasteiger partial charge in [-0.05, 0) is 32.9 Å². The standard InChI is InChI=1S/C23H21N/c1-15-13-16(2)22(17(3)14-15)23-18-9-5-7-11-20(18)24(4)21-12-8-6-10-19(21)23/h5-13H,1-4H3/q+1. The molecule has 1 radical (unpaired) electrons. The number of hydrogen-bond acceptors (Lipinski definition) is 1. The Balaban J connectivity index is 2.02. The van der Waals surface area contributed by atoms with Crippen molar-refractivity contribution in [3.05, 3.63) is 100 Å². The Kier molecular flexibility index (Phi) is 3.40. The van der Waals surface area contributed by atoms with Crippen molar-refractivity contribution < 1.29 is 0 Å². The molecule has 0 aromatic heterocycles. The van der Waals surface area contributed by atoms with Gasteiger partial charge in [0.05, 0.1) is 17.2 Å². The zero-order valence-electron chi connectivity index (χ0n) is 14.6. The maximum absolute atomic E-state index is 3.52. The monoisotopic (exact) mass is 311 g/mol. The molecule has 4 rings (SSSR count). The molecule has 0 spiro atoms. The fourth-order valence-electron chi connectivity index (χ4n) is 3.97.